The molecule has 3 rings (SSSR count). The number of nitrogens with zero attached hydrogens (tertiary/aromatic N) is 1. The van der Waals surface area contributed by atoms with Gasteiger partial charge in [0.05, 0.1) is 18.9 Å². The van der Waals surface area contributed by atoms with E-state index < -0.39 is 6.29 Å². The molecule has 0 spiro atoms. The highest BCUT2D eigenvalue weighted by Gasteiger charge is 2.19. The van der Waals surface area contributed by atoms with Crippen LogP contribution in [0.15, 0.2) is 42.6 Å². The van der Waals surface area contributed by atoms with Gasteiger partial charge in [0.15, 0.2) is 0 Å². The molecule has 24 heavy (non-hydrogen) atoms. The van der Waals surface area contributed by atoms with E-state index in [2.05, 4.69) is 23.7 Å². The van der Waals surface area contributed by atoms with Crippen molar-refractivity contribution in [2.45, 2.75) is 26.1 Å². The normalized spacial score (nSPS) is 20.2. The Morgan fingerprint density at radius 1 is 1.12 bits per heavy atom. The highest BCUT2D eigenvalue weighted by atomic mass is 19.1. The molecule has 1 aromatic carbocycles. The first-order valence-corrected chi connectivity index (χ1v) is 8.21. The number of hydrogen-bond acceptors (Lipinski definition) is 3. The van der Waals surface area contributed by atoms with Crippen LogP contribution in [0.2, 0.25) is 0 Å². The number of hydrogen-bond donors (Lipinski definition) is 0. The van der Waals surface area contributed by atoms with Gasteiger partial charge in [0.2, 0.25) is 6.29 Å². The van der Waals surface area contributed by atoms with Gasteiger partial charge in [-0.05, 0) is 48.7 Å². The van der Waals surface area contributed by atoms with Crippen molar-refractivity contribution in [3.8, 4) is 23.1 Å². The summed E-state index contributed by atoms with van der Waals surface area (Å²) in [5, 5.41) is 0. The van der Waals surface area contributed by atoms with E-state index in [1.807, 2.05) is 12.1 Å². The maximum atomic E-state index is 12.9. The zero-order valence-electron chi connectivity index (χ0n) is 13.7. The van der Waals surface area contributed by atoms with Crippen molar-refractivity contribution < 1.29 is 13.9 Å². The second-order valence-electron chi connectivity index (χ2n) is 5.86. The van der Waals surface area contributed by atoms with Crippen LogP contribution in [-0.2, 0) is 9.47 Å². The van der Waals surface area contributed by atoms with E-state index in [-0.39, 0.29) is 5.82 Å². The topological polar surface area (TPSA) is 31.4 Å². The van der Waals surface area contributed by atoms with Crippen molar-refractivity contribution in [3.63, 3.8) is 0 Å². The predicted octanol–water partition coefficient (Wildman–Crippen LogP) is 4.03. The first-order chi connectivity index (χ1) is 11.7. The minimum Gasteiger partial charge on any atom is -0.342 e. The fourth-order valence-electron chi connectivity index (χ4n) is 2.60. The lowest BCUT2D eigenvalue weighted by Crippen LogP contribution is -2.31. The SMILES string of the molecule is CCCC1COC(C#Cc2ccc(-c3ccc(F)cc3)nc2)OC1. The molecule has 124 valence electrons. The van der Waals surface area contributed by atoms with Gasteiger partial charge in [0.1, 0.15) is 5.82 Å². The minimum absolute atomic E-state index is 0.255. The first kappa shape index (κ1) is 16.6. The maximum absolute atomic E-state index is 12.9. The average Bonchev–Trinajstić information content (AvgIpc) is 2.63. The highest BCUT2D eigenvalue weighted by molar-refractivity contribution is 5.59. The molecule has 1 aromatic heterocycles. The molecule has 4 heteroatoms. The molecule has 2 heterocycles. The summed E-state index contributed by atoms with van der Waals surface area (Å²) in [5.74, 6) is 6.23. The Morgan fingerprint density at radius 2 is 1.88 bits per heavy atom. The Bertz CT molecular complexity index is 708. The molecular formula is C20H20FNO2. The van der Waals surface area contributed by atoms with Gasteiger partial charge >= 0.3 is 0 Å². The second-order valence-corrected chi connectivity index (χ2v) is 5.86. The number of aromatic nitrogens is 1. The van der Waals surface area contributed by atoms with Crippen LogP contribution in [0.4, 0.5) is 4.39 Å². The van der Waals surface area contributed by atoms with E-state index >= 15 is 0 Å². The van der Waals surface area contributed by atoms with Gasteiger partial charge in [-0.25, -0.2) is 4.39 Å². The van der Waals surface area contributed by atoms with Gasteiger partial charge in [-0.15, -0.1) is 0 Å². The maximum Gasteiger partial charge on any atom is 0.222 e. The molecule has 0 amide bonds. The fourth-order valence-corrected chi connectivity index (χ4v) is 2.60. The quantitative estimate of drug-likeness (QED) is 0.799. The lowest BCUT2D eigenvalue weighted by molar-refractivity contribution is -0.170. The third-order valence-corrected chi connectivity index (χ3v) is 3.90. The van der Waals surface area contributed by atoms with Gasteiger partial charge in [-0.3, -0.25) is 4.98 Å². The standard InChI is InChI=1S/C20H20FNO2/c1-2-3-16-13-23-20(24-14-16)11-5-15-4-10-19(22-12-15)17-6-8-18(21)9-7-17/h4,6-10,12,16,20H,2-3,13-14H2,1H3. The predicted molar refractivity (Wildman–Crippen MR) is 90.6 cm³/mol. The van der Waals surface area contributed by atoms with Crippen LogP contribution in [0.25, 0.3) is 11.3 Å². The van der Waals surface area contributed by atoms with E-state index in [9.17, 15) is 4.39 Å². The van der Waals surface area contributed by atoms with Crippen molar-refractivity contribution in [1.82, 2.24) is 4.98 Å². The van der Waals surface area contributed by atoms with Crippen molar-refractivity contribution in [2.75, 3.05) is 13.2 Å². The smallest absolute Gasteiger partial charge is 0.222 e. The Balaban J connectivity index is 1.60. The molecule has 0 radical (unpaired) electrons. The zero-order chi connectivity index (χ0) is 16.8. The lowest BCUT2D eigenvalue weighted by Gasteiger charge is -2.26. The number of benzene rings is 1. The number of pyridine rings is 1. The summed E-state index contributed by atoms with van der Waals surface area (Å²) >= 11 is 0. The van der Waals surface area contributed by atoms with Crippen molar-refractivity contribution in [2.24, 2.45) is 5.92 Å². The van der Waals surface area contributed by atoms with Crippen LogP contribution < -0.4 is 0 Å². The van der Waals surface area contributed by atoms with Crippen LogP contribution in [0.3, 0.4) is 0 Å². The largest absolute Gasteiger partial charge is 0.342 e. The molecule has 0 unspecified atom stereocenters. The van der Waals surface area contributed by atoms with Gasteiger partial charge < -0.3 is 9.47 Å². The van der Waals surface area contributed by atoms with Crippen LogP contribution in [-0.4, -0.2) is 24.5 Å². The highest BCUT2D eigenvalue weighted by Crippen LogP contribution is 2.18. The summed E-state index contributed by atoms with van der Waals surface area (Å²) < 4.78 is 24.2. The van der Waals surface area contributed by atoms with Gasteiger partial charge in [-0.1, -0.05) is 19.3 Å². The Hall–Kier alpha value is -2.22. The van der Waals surface area contributed by atoms with E-state index in [1.54, 1.807) is 18.3 Å². The van der Waals surface area contributed by atoms with Crippen LogP contribution in [0.1, 0.15) is 25.3 Å². The molecule has 0 atom stereocenters. The van der Waals surface area contributed by atoms with E-state index in [0.29, 0.717) is 19.1 Å². The molecule has 3 nitrogen and oxygen atoms in total. The van der Waals surface area contributed by atoms with Gasteiger partial charge in [0, 0.05) is 23.2 Å². The average molecular weight is 325 g/mol. The van der Waals surface area contributed by atoms with Crippen molar-refractivity contribution in [3.05, 3.63) is 54.0 Å². The number of rotatable bonds is 3. The molecule has 1 fully saturated rings. The molecule has 0 N–H and O–H groups in total. The van der Waals surface area contributed by atoms with E-state index in [1.165, 1.54) is 12.1 Å². The van der Waals surface area contributed by atoms with E-state index in [0.717, 1.165) is 29.7 Å². The van der Waals surface area contributed by atoms with Crippen LogP contribution >= 0.6 is 0 Å². The zero-order valence-corrected chi connectivity index (χ0v) is 13.7. The monoisotopic (exact) mass is 325 g/mol. The van der Waals surface area contributed by atoms with Crippen LogP contribution in [0, 0.1) is 23.6 Å². The molecule has 0 saturated carbocycles. The Labute approximate surface area is 141 Å². The summed E-state index contributed by atoms with van der Waals surface area (Å²) in [7, 11) is 0. The number of ether oxygens (including phenoxy) is 2. The molecule has 1 aliphatic heterocycles. The molecule has 1 saturated heterocycles. The lowest BCUT2D eigenvalue weighted by atomic mass is 10.1. The Morgan fingerprint density at radius 3 is 2.50 bits per heavy atom. The summed E-state index contributed by atoms with van der Waals surface area (Å²) in [6.45, 7) is 3.57. The van der Waals surface area contributed by atoms with Gasteiger partial charge in [0.25, 0.3) is 0 Å². The second kappa shape index (κ2) is 8.05. The van der Waals surface area contributed by atoms with Crippen LogP contribution in [0.5, 0.6) is 0 Å². The Kier molecular flexibility index (Phi) is 5.58. The third-order valence-electron chi connectivity index (χ3n) is 3.90. The van der Waals surface area contributed by atoms with E-state index in [4.69, 9.17) is 9.47 Å². The minimum atomic E-state index is -0.463. The van der Waals surface area contributed by atoms with Crippen molar-refractivity contribution in [1.29, 1.82) is 0 Å². The summed E-state index contributed by atoms with van der Waals surface area (Å²) in [5.41, 5.74) is 2.45. The molecular weight excluding hydrogens is 305 g/mol. The molecule has 2 aromatic rings. The molecule has 0 bridgehead atoms. The molecule has 1 aliphatic rings. The summed E-state index contributed by atoms with van der Waals surface area (Å²) in [4.78, 5) is 4.37. The number of halogens is 1. The summed E-state index contributed by atoms with van der Waals surface area (Å²) in [6, 6.07) is 10.0. The third kappa shape index (κ3) is 4.41. The first-order valence-electron chi connectivity index (χ1n) is 8.21. The fraction of sp³-hybridized carbons (Fsp3) is 0.350. The van der Waals surface area contributed by atoms with Gasteiger partial charge in [-0.2, -0.15) is 0 Å². The summed E-state index contributed by atoms with van der Waals surface area (Å²) in [6.07, 6.45) is 3.50. The van der Waals surface area contributed by atoms with Crippen molar-refractivity contribution >= 4 is 0 Å². The molecule has 0 aliphatic carbocycles.